The molecule has 1 aromatic rings. The highest BCUT2D eigenvalue weighted by molar-refractivity contribution is 5.97. The molecule has 2 rings (SSSR count). The van der Waals surface area contributed by atoms with Gasteiger partial charge in [-0.05, 0) is 56.5 Å². The number of benzene rings is 1. The van der Waals surface area contributed by atoms with Crippen LogP contribution in [0.2, 0.25) is 0 Å². The monoisotopic (exact) mass is 367 g/mol. The molecule has 5 nitrogen and oxygen atoms in total. The van der Waals surface area contributed by atoms with Gasteiger partial charge in [0.05, 0.1) is 0 Å². The number of aryl methyl sites for hydroxylation is 1. The molecular formula is C19H30ClN3O2. The maximum absolute atomic E-state index is 12.6. The lowest BCUT2D eigenvalue weighted by atomic mass is 9.98. The van der Waals surface area contributed by atoms with Crippen LogP contribution in [0.5, 0.6) is 0 Å². The highest BCUT2D eigenvalue weighted by Crippen LogP contribution is 2.21. The van der Waals surface area contributed by atoms with E-state index >= 15 is 0 Å². The van der Waals surface area contributed by atoms with Crippen molar-refractivity contribution >= 4 is 29.9 Å². The molecule has 0 saturated carbocycles. The number of nitrogens with one attached hydrogen (secondary N) is 2. The Hall–Kier alpha value is -1.59. The molecule has 1 fully saturated rings. The summed E-state index contributed by atoms with van der Waals surface area (Å²) in [7, 11) is 1.83. The van der Waals surface area contributed by atoms with E-state index < -0.39 is 0 Å². The van der Waals surface area contributed by atoms with E-state index in [-0.39, 0.29) is 30.1 Å². The number of carbonyl (C=O) groups is 2. The summed E-state index contributed by atoms with van der Waals surface area (Å²) in [5.41, 5.74) is 2.38. The van der Waals surface area contributed by atoms with Crippen LogP contribution in [0.25, 0.3) is 0 Å². The van der Waals surface area contributed by atoms with Crippen LogP contribution in [0.15, 0.2) is 18.2 Å². The standard InChI is InChI=1S/C19H29N3O2.ClH/c1-13-7-9-22(10-8-13)19(24)16-5-6-17(14(2)11-16)21-18(23)15(3)12-20-4;/h5-6,11,13,15,20H,7-10,12H2,1-4H3,(H,21,23);1H. The maximum atomic E-state index is 12.6. The Kier molecular flexibility index (Phi) is 8.39. The number of piperidine rings is 1. The molecule has 0 spiro atoms. The third kappa shape index (κ3) is 5.72. The topological polar surface area (TPSA) is 61.4 Å². The third-order valence-electron chi connectivity index (χ3n) is 4.76. The van der Waals surface area contributed by atoms with Gasteiger partial charge in [-0.25, -0.2) is 0 Å². The number of rotatable bonds is 5. The quantitative estimate of drug-likeness (QED) is 0.840. The van der Waals surface area contributed by atoms with Gasteiger partial charge in [0.1, 0.15) is 0 Å². The summed E-state index contributed by atoms with van der Waals surface area (Å²) in [6, 6.07) is 5.52. The van der Waals surface area contributed by atoms with Crippen LogP contribution in [-0.2, 0) is 4.79 Å². The number of hydrogen-bond acceptors (Lipinski definition) is 3. The average Bonchev–Trinajstić information content (AvgIpc) is 2.57. The normalized spacial score (nSPS) is 16.1. The van der Waals surface area contributed by atoms with Gasteiger partial charge in [-0.1, -0.05) is 13.8 Å². The van der Waals surface area contributed by atoms with E-state index in [1.165, 1.54) is 0 Å². The Morgan fingerprint density at radius 3 is 2.48 bits per heavy atom. The highest BCUT2D eigenvalue weighted by Gasteiger charge is 2.22. The zero-order valence-corrected chi connectivity index (χ0v) is 16.4. The second-order valence-electron chi connectivity index (χ2n) is 6.95. The number of likely N-dealkylation sites (tertiary alicyclic amines) is 1. The molecule has 2 N–H and O–H groups in total. The number of halogens is 1. The number of amides is 2. The van der Waals surface area contributed by atoms with Crippen molar-refractivity contribution in [1.82, 2.24) is 10.2 Å². The lowest BCUT2D eigenvalue weighted by molar-refractivity contribution is -0.119. The predicted octanol–water partition coefficient (Wildman–Crippen LogP) is 3.08. The van der Waals surface area contributed by atoms with Gasteiger partial charge in [0, 0.05) is 36.8 Å². The van der Waals surface area contributed by atoms with Crippen LogP contribution in [-0.4, -0.2) is 43.4 Å². The van der Waals surface area contributed by atoms with Gasteiger partial charge < -0.3 is 15.5 Å². The largest absolute Gasteiger partial charge is 0.339 e. The van der Waals surface area contributed by atoms with Crippen LogP contribution in [0.3, 0.4) is 0 Å². The van der Waals surface area contributed by atoms with Crippen molar-refractivity contribution in [3.8, 4) is 0 Å². The van der Waals surface area contributed by atoms with Gasteiger partial charge in [-0.3, -0.25) is 9.59 Å². The van der Waals surface area contributed by atoms with Gasteiger partial charge in [0.15, 0.2) is 0 Å². The summed E-state index contributed by atoms with van der Waals surface area (Å²) in [6.45, 7) is 8.34. The first kappa shape index (κ1) is 21.5. The van der Waals surface area contributed by atoms with E-state index in [4.69, 9.17) is 0 Å². The first-order chi connectivity index (χ1) is 11.4. The molecule has 1 aromatic carbocycles. The third-order valence-corrected chi connectivity index (χ3v) is 4.76. The first-order valence-corrected chi connectivity index (χ1v) is 8.77. The van der Waals surface area contributed by atoms with Gasteiger partial charge in [0.2, 0.25) is 5.91 Å². The highest BCUT2D eigenvalue weighted by atomic mass is 35.5. The van der Waals surface area contributed by atoms with Crippen molar-refractivity contribution in [3.63, 3.8) is 0 Å². The molecular weight excluding hydrogens is 338 g/mol. The van der Waals surface area contributed by atoms with Crippen molar-refractivity contribution in [2.24, 2.45) is 11.8 Å². The number of nitrogens with zero attached hydrogens (tertiary/aromatic N) is 1. The van der Waals surface area contributed by atoms with Crippen LogP contribution >= 0.6 is 12.4 Å². The fraction of sp³-hybridized carbons (Fsp3) is 0.579. The van der Waals surface area contributed by atoms with Crippen molar-refractivity contribution < 1.29 is 9.59 Å². The molecule has 140 valence electrons. The summed E-state index contributed by atoms with van der Waals surface area (Å²) >= 11 is 0. The summed E-state index contributed by atoms with van der Waals surface area (Å²) in [6.07, 6.45) is 2.14. The SMILES string of the molecule is CNCC(C)C(=O)Nc1ccc(C(=O)N2CCC(C)CC2)cc1C.Cl. The van der Waals surface area contributed by atoms with Crippen molar-refractivity contribution in [2.75, 3.05) is 32.0 Å². The predicted molar refractivity (Wildman–Crippen MR) is 104 cm³/mol. The van der Waals surface area contributed by atoms with Gasteiger partial charge in [0.25, 0.3) is 5.91 Å². The second-order valence-corrected chi connectivity index (χ2v) is 6.95. The molecule has 1 heterocycles. The summed E-state index contributed by atoms with van der Waals surface area (Å²) < 4.78 is 0. The van der Waals surface area contributed by atoms with E-state index in [0.29, 0.717) is 18.0 Å². The molecule has 1 aliphatic rings. The van der Waals surface area contributed by atoms with Crippen LogP contribution < -0.4 is 10.6 Å². The van der Waals surface area contributed by atoms with Gasteiger partial charge in [-0.2, -0.15) is 0 Å². The molecule has 0 aliphatic carbocycles. The number of hydrogen-bond donors (Lipinski definition) is 2. The zero-order chi connectivity index (χ0) is 17.7. The average molecular weight is 368 g/mol. The molecule has 0 radical (unpaired) electrons. The summed E-state index contributed by atoms with van der Waals surface area (Å²) in [5.74, 6) is 0.669. The Bertz CT molecular complexity index is 598. The van der Waals surface area contributed by atoms with E-state index in [9.17, 15) is 9.59 Å². The molecule has 2 amide bonds. The maximum Gasteiger partial charge on any atom is 0.253 e. The van der Waals surface area contributed by atoms with Crippen molar-refractivity contribution in [2.45, 2.75) is 33.6 Å². The molecule has 1 atom stereocenters. The minimum atomic E-state index is -0.106. The lowest BCUT2D eigenvalue weighted by Crippen LogP contribution is -2.37. The fourth-order valence-electron chi connectivity index (χ4n) is 2.99. The van der Waals surface area contributed by atoms with Crippen molar-refractivity contribution in [3.05, 3.63) is 29.3 Å². The Morgan fingerprint density at radius 1 is 1.28 bits per heavy atom. The number of carbonyl (C=O) groups excluding carboxylic acids is 2. The van der Waals surface area contributed by atoms with Gasteiger partial charge >= 0.3 is 0 Å². The Labute approximate surface area is 157 Å². The van der Waals surface area contributed by atoms with Crippen molar-refractivity contribution in [1.29, 1.82) is 0 Å². The molecule has 0 bridgehead atoms. The van der Waals surface area contributed by atoms with E-state index in [1.54, 1.807) is 0 Å². The van der Waals surface area contributed by atoms with E-state index in [1.807, 2.05) is 44.0 Å². The molecule has 1 aliphatic heterocycles. The minimum Gasteiger partial charge on any atom is -0.339 e. The molecule has 6 heteroatoms. The minimum absolute atomic E-state index is 0. The molecule has 1 unspecified atom stereocenters. The molecule has 1 saturated heterocycles. The van der Waals surface area contributed by atoms with E-state index in [0.717, 1.165) is 37.2 Å². The summed E-state index contributed by atoms with van der Waals surface area (Å²) in [4.78, 5) is 26.7. The first-order valence-electron chi connectivity index (χ1n) is 8.77. The molecule has 25 heavy (non-hydrogen) atoms. The van der Waals surface area contributed by atoms with Gasteiger partial charge in [-0.15, -0.1) is 12.4 Å². The second kappa shape index (κ2) is 9.78. The molecule has 0 aromatic heterocycles. The van der Waals surface area contributed by atoms with Crippen LogP contribution in [0.1, 0.15) is 42.6 Å². The lowest BCUT2D eigenvalue weighted by Gasteiger charge is -2.30. The summed E-state index contributed by atoms with van der Waals surface area (Å²) in [5, 5.41) is 5.94. The smallest absolute Gasteiger partial charge is 0.253 e. The Morgan fingerprint density at radius 2 is 1.92 bits per heavy atom. The van der Waals surface area contributed by atoms with E-state index in [2.05, 4.69) is 17.6 Å². The zero-order valence-electron chi connectivity index (χ0n) is 15.6. The Balaban J connectivity index is 0.00000312. The van der Waals surface area contributed by atoms with Crippen LogP contribution in [0, 0.1) is 18.8 Å². The number of anilines is 1. The fourth-order valence-corrected chi connectivity index (χ4v) is 2.99. The van der Waals surface area contributed by atoms with Crippen LogP contribution in [0.4, 0.5) is 5.69 Å².